The number of amides is 1. The number of carbonyl (C=O) groups is 1. The van der Waals surface area contributed by atoms with Crippen LogP contribution in [0.15, 0.2) is 54.9 Å². The number of nitrogens with zero attached hydrogens (tertiary/aromatic N) is 4. The van der Waals surface area contributed by atoms with E-state index in [1.165, 1.54) is 17.3 Å². The Bertz CT molecular complexity index is 990. The Kier molecular flexibility index (Phi) is 5.62. The molecule has 6 nitrogen and oxygen atoms in total. The van der Waals surface area contributed by atoms with E-state index < -0.39 is 0 Å². The maximum absolute atomic E-state index is 12.8. The van der Waals surface area contributed by atoms with E-state index in [0.717, 1.165) is 23.5 Å². The lowest BCUT2D eigenvalue weighted by Gasteiger charge is -2.32. The van der Waals surface area contributed by atoms with Crippen LogP contribution in [0.5, 0.6) is 0 Å². The van der Waals surface area contributed by atoms with Crippen LogP contribution in [0.2, 0.25) is 0 Å². The molecule has 1 atom stereocenters. The molecule has 3 aromatic rings. The summed E-state index contributed by atoms with van der Waals surface area (Å²) in [5, 5.41) is 0. The quantitative estimate of drug-likeness (QED) is 0.686. The van der Waals surface area contributed by atoms with Crippen molar-refractivity contribution in [2.75, 3.05) is 19.7 Å². The molecular weight excluding hydrogens is 364 g/mol. The fraction of sp³-hybridized carbons (Fsp3) is 0.304. The second-order valence-electron chi connectivity index (χ2n) is 7.36. The Balaban J connectivity index is 1.52. The van der Waals surface area contributed by atoms with E-state index in [2.05, 4.69) is 39.2 Å². The summed E-state index contributed by atoms with van der Waals surface area (Å²) in [4.78, 5) is 27.7. The molecule has 0 bridgehead atoms. The summed E-state index contributed by atoms with van der Waals surface area (Å²) in [5.41, 5.74) is 5.40. The molecule has 1 unspecified atom stereocenters. The molecule has 1 aliphatic heterocycles. The third-order valence-corrected chi connectivity index (χ3v) is 4.97. The minimum absolute atomic E-state index is 0.122. The van der Waals surface area contributed by atoms with Gasteiger partial charge in [-0.2, -0.15) is 0 Å². The highest BCUT2D eigenvalue weighted by Crippen LogP contribution is 2.24. The largest absolute Gasteiger partial charge is 0.368 e. The van der Waals surface area contributed by atoms with Gasteiger partial charge in [-0.25, -0.2) is 4.98 Å². The number of carbonyl (C=O) groups excluding carboxylic acids is 1. The Labute approximate surface area is 170 Å². The zero-order valence-corrected chi connectivity index (χ0v) is 16.7. The lowest BCUT2D eigenvalue weighted by atomic mass is 10.0. The maximum Gasteiger partial charge on any atom is 0.274 e. The first-order valence-corrected chi connectivity index (χ1v) is 9.79. The third kappa shape index (κ3) is 4.66. The molecule has 0 aliphatic carbocycles. The third-order valence-electron chi connectivity index (χ3n) is 4.97. The van der Waals surface area contributed by atoms with Crippen LogP contribution < -0.4 is 0 Å². The standard InChI is InChI=1S/C23H24N4O2/c1-16-10-19(11-18-6-4-3-5-7-18)12-20(26-16)22-15-27(8-9-29-22)23(28)21-14-24-17(2)13-25-21/h3-7,10,12-14,22H,8-9,11,15H2,1-2H3. The minimum Gasteiger partial charge on any atom is -0.368 e. The molecule has 6 heteroatoms. The van der Waals surface area contributed by atoms with Gasteiger partial charge in [-0.3, -0.25) is 14.8 Å². The lowest BCUT2D eigenvalue weighted by molar-refractivity contribution is -0.0250. The molecule has 0 N–H and O–H groups in total. The van der Waals surface area contributed by atoms with E-state index in [1.807, 2.05) is 32.0 Å². The Hall–Kier alpha value is -3.12. The number of benzene rings is 1. The molecule has 3 heterocycles. The molecule has 0 spiro atoms. The number of aryl methyl sites for hydroxylation is 2. The highest BCUT2D eigenvalue weighted by atomic mass is 16.5. The van der Waals surface area contributed by atoms with E-state index in [-0.39, 0.29) is 12.0 Å². The zero-order chi connectivity index (χ0) is 20.2. The van der Waals surface area contributed by atoms with E-state index in [9.17, 15) is 4.79 Å². The summed E-state index contributed by atoms with van der Waals surface area (Å²) in [6.45, 7) is 5.30. The summed E-state index contributed by atoms with van der Waals surface area (Å²) in [5.74, 6) is -0.122. The highest BCUT2D eigenvalue weighted by molar-refractivity contribution is 5.92. The summed E-state index contributed by atoms with van der Waals surface area (Å²) in [6.07, 6.45) is 3.74. The number of ether oxygens (including phenoxy) is 1. The predicted molar refractivity (Wildman–Crippen MR) is 110 cm³/mol. The normalized spacial score (nSPS) is 16.6. The fourth-order valence-corrected chi connectivity index (χ4v) is 3.54. The van der Waals surface area contributed by atoms with Gasteiger partial charge in [0, 0.05) is 18.4 Å². The van der Waals surface area contributed by atoms with Crippen molar-refractivity contribution in [3.05, 3.63) is 88.8 Å². The van der Waals surface area contributed by atoms with Gasteiger partial charge < -0.3 is 9.64 Å². The summed E-state index contributed by atoms with van der Waals surface area (Å²) >= 11 is 0. The molecule has 1 aliphatic rings. The molecule has 148 valence electrons. The van der Waals surface area contributed by atoms with Crippen molar-refractivity contribution in [1.29, 1.82) is 0 Å². The van der Waals surface area contributed by atoms with Crippen LogP contribution in [0.25, 0.3) is 0 Å². The van der Waals surface area contributed by atoms with Gasteiger partial charge in [0.05, 0.1) is 30.7 Å². The van der Waals surface area contributed by atoms with Crippen molar-refractivity contribution < 1.29 is 9.53 Å². The van der Waals surface area contributed by atoms with Crippen molar-refractivity contribution in [3.8, 4) is 0 Å². The van der Waals surface area contributed by atoms with E-state index in [0.29, 0.717) is 25.4 Å². The van der Waals surface area contributed by atoms with Crippen LogP contribution in [0.4, 0.5) is 0 Å². The first kappa shape index (κ1) is 19.2. The molecule has 0 radical (unpaired) electrons. The van der Waals surface area contributed by atoms with E-state index in [4.69, 9.17) is 4.74 Å². The number of morpholine rings is 1. The Morgan fingerprint density at radius 1 is 1.07 bits per heavy atom. The molecule has 1 aromatic carbocycles. The highest BCUT2D eigenvalue weighted by Gasteiger charge is 2.28. The number of hydrogen-bond donors (Lipinski definition) is 0. The zero-order valence-electron chi connectivity index (χ0n) is 16.7. The van der Waals surface area contributed by atoms with Crippen LogP contribution in [0, 0.1) is 13.8 Å². The topological polar surface area (TPSA) is 68.2 Å². The van der Waals surface area contributed by atoms with E-state index >= 15 is 0 Å². The van der Waals surface area contributed by atoms with Gasteiger partial charge in [-0.1, -0.05) is 30.3 Å². The number of hydrogen-bond acceptors (Lipinski definition) is 5. The van der Waals surface area contributed by atoms with Gasteiger partial charge in [0.2, 0.25) is 0 Å². The summed E-state index contributed by atoms with van der Waals surface area (Å²) in [6, 6.07) is 14.5. The Morgan fingerprint density at radius 2 is 1.90 bits per heavy atom. The predicted octanol–water partition coefficient (Wildman–Crippen LogP) is 3.29. The summed E-state index contributed by atoms with van der Waals surface area (Å²) in [7, 11) is 0. The average Bonchev–Trinajstić information content (AvgIpc) is 2.74. The monoisotopic (exact) mass is 388 g/mol. The van der Waals surface area contributed by atoms with Crippen molar-refractivity contribution in [1.82, 2.24) is 19.9 Å². The van der Waals surface area contributed by atoms with Crippen molar-refractivity contribution in [2.24, 2.45) is 0 Å². The number of pyridine rings is 1. The van der Waals surface area contributed by atoms with Gasteiger partial charge in [0.1, 0.15) is 11.8 Å². The molecule has 29 heavy (non-hydrogen) atoms. The first-order chi connectivity index (χ1) is 14.1. The molecule has 4 rings (SSSR count). The maximum atomic E-state index is 12.8. The van der Waals surface area contributed by atoms with Gasteiger partial charge in [0.25, 0.3) is 5.91 Å². The molecule has 1 fully saturated rings. The van der Waals surface area contributed by atoms with Gasteiger partial charge in [0.15, 0.2) is 0 Å². The number of aromatic nitrogens is 3. The van der Waals surface area contributed by atoms with Crippen LogP contribution in [-0.4, -0.2) is 45.5 Å². The molecule has 0 saturated carbocycles. The van der Waals surface area contributed by atoms with Crippen molar-refractivity contribution in [3.63, 3.8) is 0 Å². The SMILES string of the molecule is Cc1cnc(C(=O)N2CCOC(c3cc(Cc4ccccc4)cc(C)n3)C2)cn1. The lowest BCUT2D eigenvalue weighted by Crippen LogP contribution is -2.42. The smallest absolute Gasteiger partial charge is 0.274 e. The minimum atomic E-state index is -0.250. The number of rotatable bonds is 4. The fourth-order valence-electron chi connectivity index (χ4n) is 3.54. The second kappa shape index (κ2) is 8.49. The Morgan fingerprint density at radius 3 is 2.66 bits per heavy atom. The molecule has 2 aromatic heterocycles. The molecule has 1 amide bonds. The average molecular weight is 388 g/mol. The van der Waals surface area contributed by atoms with E-state index in [1.54, 1.807) is 11.1 Å². The van der Waals surface area contributed by atoms with Crippen molar-refractivity contribution >= 4 is 5.91 Å². The summed E-state index contributed by atoms with van der Waals surface area (Å²) < 4.78 is 5.97. The van der Waals surface area contributed by atoms with Crippen LogP contribution in [0.1, 0.15) is 44.8 Å². The molecule has 1 saturated heterocycles. The van der Waals surface area contributed by atoms with Crippen LogP contribution in [-0.2, 0) is 11.2 Å². The first-order valence-electron chi connectivity index (χ1n) is 9.79. The van der Waals surface area contributed by atoms with Crippen molar-refractivity contribution in [2.45, 2.75) is 26.4 Å². The van der Waals surface area contributed by atoms with Gasteiger partial charge in [-0.05, 0) is 43.5 Å². The van der Waals surface area contributed by atoms with Gasteiger partial charge in [-0.15, -0.1) is 0 Å². The second-order valence-corrected chi connectivity index (χ2v) is 7.36. The van der Waals surface area contributed by atoms with Crippen LogP contribution in [0.3, 0.4) is 0 Å². The van der Waals surface area contributed by atoms with Crippen LogP contribution >= 0.6 is 0 Å². The molecular formula is C23H24N4O2. The van der Waals surface area contributed by atoms with Gasteiger partial charge >= 0.3 is 0 Å².